The molecule has 142 valence electrons. The SMILES string of the molecule is CCCCc1ccccc1.O=P(O)(Oc1ccccc1)Oc1ccccc1. The first-order valence-electron chi connectivity index (χ1n) is 8.95. The molecule has 0 atom stereocenters. The summed E-state index contributed by atoms with van der Waals surface area (Å²) in [6, 6.07) is 27.4. The first-order chi connectivity index (χ1) is 13.1. The second-order valence-corrected chi connectivity index (χ2v) is 7.17. The second-order valence-electron chi connectivity index (χ2n) is 5.87. The average molecular weight is 384 g/mol. The summed E-state index contributed by atoms with van der Waals surface area (Å²) in [7, 11) is -4.14. The minimum atomic E-state index is -4.14. The first-order valence-corrected chi connectivity index (χ1v) is 10.4. The van der Waals surface area contributed by atoms with Gasteiger partial charge in [-0.05, 0) is 42.7 Å². The van der Waals surface area contributed by atoms with Crippen molar-refractivity contribution in [2.24, 2.45) is 0 Å². The first kappa shape index (κ1) is 20.8. The van der Waals surface area contributed by atoms with Gasteiger partial charge in [0.15, 0.2) is 0 Å². The molecule has 0 heterocycles. The molecule has 0 saturated carbocycles. The lowest BCUT2D eigenvalue weighted by Gasteiger charge is -2.13. The monoisotopic (exact) mass is 384 g/mol. The zero-order valence-electron chi connectivity index (χ0n) is 15.4. The number of phosphoric ester groups is 1. The lowest BCUT2D eigenvalue weighted by atomic mass is 10.1. The Kier molecular flexibility index (Phi) is 8.63. The fraction of sp³-hybridized carbons (Fsp3) is 0.182. The minimum Gasteiger partial charge on any atom is -0.395 e. The molecular formula is C22H25O4P. The van der Waals surface area contributed by atoms with E-state index in [9.17, 15) is 9.46 Å². The predicted octanol–water partition coefficient (Wildman–Crippen LogP) is 6.27. The molecule has 4 nitrogen and oxygen atoms in total. The molecule has 3 rings (SSSR count). The van der Waals surface area contributed by atoms with E-state index in [0.29, 0.717) is 0 Å². The van der Waals surface area contributed by atoms with Gasteiger partial charge in [0, 0.05) is 0 Å². The van der Waals surface area contributed by atoms with Gasteiger partial charge in [-0.2, -0.15) is 0 Å². The summed E-state index contributed by atoms with van der Waals surface area (Å²) in [4.78, 5) is 9.53. The molecular weight excluding hydrogens is 359 g/mol. The van der Waals surface area contributed by atoms with Crippen LogP contribution in [0.4, 0.5) is 0 Å². The zero-order valence-corrected chi connectivity index (χ0v) is 16.3. The standard InChI is InChI=1S/C12H11O4P.C10H14/c13-17(14,15-11-7-3-1-4-8-11)16-12-9-5-2-6-10-12;1-2-3-7-10-8-5-4-6-9-10/h1-10H,(H,13,14);4-6,8-9H,2-3,7H2,1H3. The summed E-state index contributed by atoms with van der Waals surface area (Å²) < 4.78 is 21.5. The van der Waals surface area contributed by atoms with E-state index in [1.807, 2.05) is 0 Å². The van der Waals surface area contributed by atoms with Crippen LogP contribution in [0, 0.1) is 0 Å². The van der Waals surface area contributed by atoms with E-state index in [1.54, 1.807) is 60.7 Å². The smallest absolute Gasteiger partial charge is 0.395 e. The molecule has 0 aliphatic rings. The maximum atomic E-state index is 11.7. The van der Waals surface area contributed by atoms with Crippen molar-refractivity contribution >= 4 is 7.82 Å². The average Bonchev–Trinajstić information content (AvgIpc) is 2.68. The Morgan fingerprint density at radius 3 is 1.56 bits per heavy atom. The third-order valence-electron chi connectivity index (χ3n) is 3.59. The van der Waals surface area contributed by atoms with Gasteiger partial charge >= 0.3 is 7.82 Å². The molecule has 0 fully saturated rings. The van der Waals surface area contributed by atoms with Crippen molar-refractivity contribution in [2.75, 3.05) is 0 Å². The largest absolute Gasteiger partial charge is 0.584 e. The molecule has 3 aromatic carbocycles. The lowest BCUT2D eigenvalue weighted by Crippen LogP contribution is -1.99. The van der Waals surface area contributed by atoms with E-state index in [-0.39, 0.29) is 11.5 Å². The van der Waals surface area contributed by atoms with Gasteiger partial charge in [0.2, 0.25) is 0 Å². The van der Waals surface area contributed by atoms with E-state index in [2.05, 4.69) is 37.3 Å². The molecule has 0 spiro atoms. The Balaban J connectivity index is 0.000000223. The van der Waals surface area contributed by atoms with Gasteiger partial charge in [-0.1, -0.05) is 80.1 Å². The van der Waals surface area contributed by atoms with Crippen LogP contribution in [0.25, 0.3) is 0 Å². The number of benzene rings is 3. The Morgan fingerprint density at radius 1 is 0.741 bits per heavy atom. The normalized spacial score (nSPS) is 10.4. The van der Waals surface area contributed by atoms with Crippen LogP contribution in [-0.4, -0.2) is 4.89 Å². The van der Waals surface area contributed by atoms with E-state index in [0.717, 1.165) is 0 Å². The molecule has 0 radical (unpaired) electrons. The van der Waals surface area contributed by atoms with Gasteiger partial charge in [0.1, 0.15) is 11.5 Å². The number of para-hydroxylation sites is 2. The van der Waals surface area contributed by atoms with Gasteiger partial charge in [0.25, 0.3) is 0 Å². The summed E-state index contributed by atoms with van der Waals surface area (Å²) in [6.45, 7) is 2.23. The number of phosphoric acid groups is 1. The topological polar surface area (TPSA) is 55.8 Å². The molecule has 1 N–H and O–H groups in total. The Hall–Kier alpha value is -2.55. The van der Waals surface area contributed by atoms with Crippen molar-refractivity contribution in [1.29, 1.82) is 0 Å². The van der Waals surface area contributed by atoms with Crippen LogP contribution in [0.1, 0.15) is 25.3 Å². The van der Waals surface area contributed by atoms with Gasteiger partial charge in [-0.25, -0.2) is 4.57 Å². The van der Waals surface area contributed by atoms with Gasteiger partial charge in [0.05, 0.1) is 0 Å². The number of hydrogen-bond acceptors (Lipinski definition) is 3. The zero-order chi connectivity index (χ0) is 19.4. The number of hydrogen-bond donors (Lipinski definition) is 1. The minimum absolute atomic E-state index is 0.286. The summed E-state index contributed by atoms with van der Waals surface area (Å²) in [5, 5.41) is 0. The fourth-order valence-electron chi connectivity index (χ4n) is 2.27. The van der Waals surface area contributed by atoms with E-state index < -0.39 is 7.82 Å². The predicted molar refractivity (Wildman–Crippen MR) is 109 cm³/mol. The maximum absolute atomic E-state index is 11.7. The molecule has 0 aromatic heterocycles. The summed E-state index contributed by atoms with van der Waals surface area (Å²) in [5.74, 6) is 0.573. The third-order valence-corrected chi connectivity index (χ3v) is 4.47. The van der Waals surface area contributed by atoms with E-state index >= 15 is 0 Å². The molecule has 3 aromatic rings. The highest BCUT2D eigenvalue weighted by Gasteiger charge is 2.24. The van der Waals surface area contributed by atoms with Crippen molar-refractivity contribution < 1.29 is 18.5 Å². The molecule has 0 amide bonds. The van der Waals surface area contributed by atoms with Crippen molar-refractivity contribution in [2.45, 2.75) is 26.2 Å². The molecule has 5 heteroatoms. The van der Waals surface area contributed by atoms with Gasteiger partial charge < -0.3 is 9.05 Å². The van der Waals surface area contributed by atoms with Crippen LogP contribution in [0.3, 0.4) is 0 Å². The number of rotatable bonds is 7. The van der Waals surface area contributed by atoms with Gasteiger partial charge in [-0.3, -0.25) is 4.89 Å². The van der Waals surface area contributed by atoms with Crippen LogP contribution in [0.15, 0.2) is 91.0 Å². The molecule has 27 heavy (non-hydrogen) atoms. The van der Waals surface area contributed by atoms with E-state index in [4.69, 9.17) is 9.05 Å². The van der Waals surface area contributed by atoms with Crippen molar-refractivity contribution in [3.63, 3.8) is 0 Å². The van der Waals surface area contributed by atoms with Crippen molar-refractivity contribution in [1.82, 2.24) is 0 Å². The van der Waals surface area contributed by atoms with Crippen LogP contribution >= 0.6 is 7.82 Å². The number of unbranched alkanes of at least 4 members (excludes halogenated alkanes) is 1. The van der Waals surface area contributed by atoms with Crippen LogP contribution in [0.5, 0.6) is 11.5 Å². The molecule has 0 aliphatic heterocycles. The summed E-state index contributed by atoms with van der Waals surface area (Å²) in [5.41, 5.74) is 1.46. The molecule has 0 unspecified atom stereocenters. The third kappa shape index (κ3) is 8.59. The molecule has 0 aliphatic carbocycles. The second kappa shape index (κ2) is 11.2. The number of aryl methyl sites for hydroxylation is 1. The Labute approximate surface area is 161 Å². The highest BCUT2D eigenvalue weighted by atomic mass is 31.2. The van der Waals surface area contributed by atoms with Crippen LogP contribution < -0.4 is 9.05 Å². The van der Waals surface area contributed by atoms with E-state index in [1.165, 1.54) is 24.8 Å². The molecule has 0 saturated heterocycles. The highest BCUT2D eigenvalue weighted by molar-refractivity contribution is 7.48. The Bertz CT molecular complexity index is 762. The molecule has 0 bridgehead atoms. The highest BCUT2D eigenvalue weighted by Crippen LogP contribution is 2.44. The maximum Gasteiger partial charge on any atom is 0.584 e. The summed E-state index contributed by atoms with van der Waals surface area (Å²) in [6.07, 6.45) is 3.83. The fourth-order valence-corrected chi connectivity index (χ4v) is 3.09. The van der Waals surface area contributed by atoms with Gasteiger partial charge in [-0.15, -0.1) is 0 Å². The quantitative estimate of drug-likeness (QED) is 0.488. The van der Waals surface area contributed by atoms with Crippen molar-refractivity contribution in [3.8, 4) is 11.5 Å². The summed E-state index contributed by atoms with van der Waals surface area (Å²) >= 11 is 0. The van der Waals surface area contributed by atoms with Crippen molar-refractivity contribution in [3.05, 3.63) is 96.6 Å². The van der Waals surface area contributed by atoms with Crippen LogP contribution in [-0.2, 0) is 11.0 Å². The van der Waals surface area contributed by atoms with Crippen LogP contribution in [0.2, 0.25) is 0 Å². The Morgan fingerprint density at radius 2 is 1.15 bits per heavy atom. The lowest BCUT2D eigenvalue weighted by molar-refractivity contribution is 0.291.